The van der Waals surface area contributed by atoms with E-state index in [1.165, 1.54) is 5.56 Å². The van der Waals surface area contributed by atoms with Crippen LogP contribution in [0.2, 0.25) is 0 Å². The first-order chi connectivity index (χ1) is 12.1. The number of aliphatic imine (C=N–C) groups is 1. The third kappa shape index (κ3) is 7.51. The van der Waals surface area contributed by atoms with E-state index in [4.69, 9.17) is 9.15 Å². The molecule has 5 nitrogen and oxygen atoms in total. The Balaban J connectivity index is 0.00000338. The number of methoxy groups -OCH3 is 1. The van der Waals surface area contributed by atoms with Crippen molar-refractivity contribution in [3.8, 4) is 5.75 Å². The Labute approximate surface area is 172 Å². The molecule has 2 aromatic rings. The molecular formula is C20H28IN3O2. The zero-order valence-corrected chi connectivity index (χ0v) is 18.0. The average Bonchev–Trinajstić information content (AvgIpc) is 3.10. The molecule has 142 valence electrons. The Morgan fingerprint density at radius 3 is 2.73 bits per heavy atom. The minimum atomic E-state index is 0. The molecule has 0 spiro atoms. The van der Waals surface area contributed by atoms with Crippen molar-refractivity contribution in [3.63, 3.8) is 0 Å². The Morgan fingerprint density at radius 1 is 1.27 bits per heavy atom. The van der Waals surface area contributed by atoms with Crippen molar-refractivity contribution in [2.24, 2.45) is 4.99 Å². The largest absolute Gasteiger partial charge is 0.496 e. The van der Waals surface area contributed by atoms with Crippen LogP contribution in [-0.4, -0.2) is 26.2 Å². The molecule has 0 bridgehead atoms. The molecule has 1 aromatic heterocycles. The van der Waals surface area contributed by atoms with Gasteiger partial charge < -0.3 is 19.8 Å². The van der Waals surface area contributed by atoms with Gasteiger partial charge in [0.2, 0.25) is 0 Å². The SMILES string of the molecule is C=C(C)CNC(=NCc1ccc(C)cc1OC)NCCc1ccco1.I. The Morgan fingerprint density at radius 2 is 2.08 bits per heavy atom. The van der Waals surface area contributed by atoms with Crippen molar-refractivity contribution in [1.29, 1.82) is 0 Å². The van der Waals surface area contributed by atoms with Gasteiger partial charge >= 0.3 is 0 Å². The molecule has 1 heterocycles. The summed E-state index contributed by atoms with van der Waals surface area (Å²) < 4.78 is 10.8. The Kier molecular flexibility index (Phi) is 9.87. The van der Waals surface area contributed by atoms with Gasteiger partial charge in [-0.05, 0) is 37.6 Å². The standard InChI is InChI=1S/C20H27N3O2.HI/c1-15(2)13-22-20(21-10-9-18-6-5-11-25-18)23-14-17-8-7-16(3)12-19(17)24-4;/h5-8,11-12H,1,9-10,13-14H2,2-4H3,(H2,21,22,23);1H. The number of ether oxygens (including phenoxy) is 1. The van der Waals surface area contributed by atoms with E-state index >= 15 is 0 Å². The highest BCUT2D eigenvalue weighted by Gasteiger charge is 2.05. The molecule has 0 unspecified atom stereocenters. The van der Waals surface area contributed by atoms with Crippen molar-refractivity contribution in [2.45, 2.75) is 26.8 Å². The molecule has 1 aromatic carbocycles. The lowest BCUT2D eigenvalue weighted by molar-refractivity contribution is 0.409. The van der Waals surface area contributed by atoms with Crippen LogP contribution < -0.4 is 15.4 Å². The smallest absolute Gasteiger partial charge is 0.191 e. The summed E-state index contributed by atoms with van der Waals surface area (Å²) in [6.07, 6.45) is 2.49. The van der Waals surface area contributed by atoms with Crippen molar-refractivity contribution in [1.82, 2.24) is 10.6 Å². The van der Waals surface area contributed by atoms with Crippen LogP contribution in [-0.2, 0) is 13.0 Å². The summed E-state index contributed by atoms with van der Waals surface area (Å²) in [6.45, 7) is 9.91. The lowest BCUT2D eigenvalue weighted by atomic mass is 10.1. The van der Waals surface area contributed by atoms with Crippen LogP contribution in [0.15, 0.2) is 58.2 Å². The fourth-order valence-electron chi connectivity index (χ4n) is 2.31. The molecular weight excluding hydrogens is 441 g/mol. The summed E-state index contributed by atoms with van der Waals surface area (Å²) in [5.41, 5.74) is 3.27. The van der Waals surface area contributed by atoms with Crippen LogP contribution >= 0.6 is 24.0 Å². The van der Waals surface area contributed by atoms with Crippen molar-refractivity contribution < 1.29 is 9.15 Å². The predicted molar refractivity (Wildman–Crippen MR) is 118 cm³/mol. The highest BCUT2D eigenvalue weighted by molar-refractivity contribution is 14.0. The molecule has 26 heavy (non-hydrogen) atoms. The fraction of sp³-hybridized carbons (Fsp3) is 0.350. The van der Waals surface area contributed by atoms with E-state index in [1.54, 1.807) is 13.4 Å². The van der Waals surface area contributed by atoms with Crippen LogP contribution in [0.5, 0.6) is 5.75 Å². The number of halogens is 1. The lowest BCUT2D eigenvalue weighted by Crippen LogP contribution is -2.39. The summed E-state index contributed by atoms with van der Waals surface area (Å²) >= 11 is 0. The number of hydrogen-bond acceptors (Lipinski definition) is 3. The van der Waals surface area contributed by atoms with Gasteiger partial charge in [0.05, 0.1) is 19.9 Å². The van der Waals surface area contributed by atoms with E-state index in [9.17, 15) is 0 Å². The third-order valence-electron chi connectivity index (χ3n) is 3.65. The van der Waals surface area contributed by atoms with E-state index in [0.29, 0.717) is 13.1 Å². The van der Waals surface area contributed by atoms with Gasteiger partial charge in [-0.2, -0.15) is 0 Å². The normalized spacial score (nSPS) is 10.8. The summed E-state index contributed by atoms with van der Waals surface area (Å²) in [7, 11) is 1.68. The number of aryl methyl sites for hydroxylation is 1. The number of hydrogen-bond donors (Lipinski definition) is 2. The van der Waals surface area contributed by atoms with Gasteiger partial charge in [-0.1, -0.05) is 24.3 Å². The molecule has 0 aliphatic heterocycles. The van der Waals surface area contributed by atoms with Gasteiger partial charge in [-0.3, -0.25) is 0 Å². The van der Waals surface area contributed by atoms with Crippen LogP contribution in [0.4, 0.5) is 0 Å². The van der Waals surface area contributed by atoms with Crippen molar-refractivity contribution in [3.05, 3.63) is 65.6 Å². The number of nitrogens with zero attached hydrogens (tertiary/aromatic N) is 1. The fourth-order valence-corrected chi connectivity index (χ4v) is 2.31. The number of guanidine groups is 1. The van der Waals surface area contributed by atoms with Gasteiger partial charge in [-0.25, -0.2) is 4.99 Å². The second kappa shape index (κ2) is 11.6. The van der Waals surface area contributed by atoms with Crippen LogP contribution in [0.3, 0.4) is 0 Å². The second-order valence-electron chi connectivity index (χ2n) is 6.05. The molecule has 0 fully saturated rings. The van der Waals surface area contributed by atoms with Gasteiger partial charge in [0.15, 0.2) is 5.96 Å². The van der Waals surface area contributed by atoms with E-state index in [-0.39, 0.29) is 24.0 Å². The molecule has 6 heteroatoms. The molecule has 0 amide bonds. The maximum absolute atomic E-state index is 5.45. The maximum atomic E-state index is 5.45. The maximum Gasteiger partial charge on any atom is 0.191 e. The second-order valence-corrected chi connectivity index (χ2v) is 6.05. The first-order valence-corrected chi connectivity index (χ1v) is 8.41. The molecule has 0 aliphatic carbocycles. The molecule has 0 saturated carbocycles. The van der Waals surface area contributed by atoms with E-state index in [0.717, 1.165) is 41.6 Å². The van der Waals surface area contributed by atoms with Gasteiger partial charge in [0.25, 0.3) is 0 Å². The highest BCUT2D eigenvalue weighted by Crippen LogP contribution is 2.20. The number of rotatable bonds is 8. The zero-order valence-electron chi connectivity index (χ0n) is 15.7. The lowest BCUT2D eigenvalue weighted by Gasteiger charge is -2.13. The monoisotopic (exact) mass is 469 g/mol. The Bertz CT molecular complexity index is 712. The van der Waals surface area contributed by atoms with Crippen LogP contribution in [0.1, 0.15) is 23.8 Å². The van der Waals surface area contributed by atoms with Crippen LogP contribution in [0.25, 0.3) is 0 Å². The van der Waals surface area contributed by atoms with Crippen molar-refractivity contribution >= 4 is 29.9 Å². The average molecular weight is 469 g/mol. The van der Waals surface area contributed by atoms with E-state index < -0.39 is 0 Å². The molecule has 0 atom stereocenters. The minimum Gasteiger partial charge on any atom is -0.496 e. The highest BCUT2D eigenvalue weighted by atomic mass is 127. The van der Waals surface area contributed by atoms with E-state index in [1.807, 2.05) is 32.0 Å². The number of nitrogens with one attached hydrogen (secondary N) is 2. The van der Waals surface area contributed by atoms with E-state index in [2.05, 4.69) is 34.3 Å². The molecule has 0 aliphatic rings. The number of furan rings is 1. The quantitative estimate of drug-likeness (QED) is 0.265. The molecule has 2 rings (SSSR count). The van der Waals surface area contributed by atoms with Gasteiger partial charge in [-0.15, -0.1) is 24.0 Å². The van der Waals surface area contributed by atoms with Crippen molar-refractivity contribution in [2.75, 3.05) is 20.2 Å². The zero-order chi connectivity index (χ0) is 18.1. The third-order valence-corrected chi connectivity index (χ3v) is 3.65. The first-order valence-electron chi connectivity index (χ1n) is 8.41. The molecule has 2 N–H and O–H groups in total. The number of benzene rings is 1. The first kappa shape index (κ1) is 22.1. The van der Waals surface area contributed by atoms with Gasteiger partial charge in [0.1, 0.15) is 11.5 Å². The van der Waals surface area contributed by atoms with Crippen LogP contribution in [0, 0.1) is 6.92 Å². The summed E-state index contributed by atoms with van der Waals surface area (Å²) in [6, 6.07) is 10.0. The van der Waals surface area contributed by atoms with Gasteiger partial charge in [0, 0.05) is 25.1 Å². The molecule has 0 saturated heterocycles. The minimum absolute atomic E-state index is 0. The molecule has 0 radical (unpaired) electrons. The summed E-state index contributed by atoms with van der Waals surface area (Å²) in [4.78, 5) is 4.67. The summed E-state index contributed by atoms with van der Waals surface area (Å²) in [5, 5.41) is 6.62. The Hall–Kier alpha value is -1.96. The predicted octanol–water partition coefficient (Wildman–Crippen LogP) is 4.07. The summed E-state index contributed by atoms with van der Waals surface area (Å²) in [5.74, 6) is 2.56. The topological polar surface area (TPSA) is 58.8 Å².